The summed E-state index contributed by atoms with van der Waals surface area (Å²) < 4.78 is 5.81. The summed E-state index contributed by atoms with van der Waals surface area (Å²) in [6, 6.07) is 19.1. The molecule has 1 aliphatic heterocycles. The zero-order valence-electron chi connectivity index (χ0n) is 16.1. The Morgan fingerprint density at radius 3 is 2.60 bits per heavy atom. The van der Waals surface area contributed by atoms with Crippen LogP contribution in [0.2, 0.25) is 0 Å². The Kier molecular flexibility index (Phi) is 5.34. The Labute approximate surface area is 173 Å². The number of carbonyl (C=O) groups excluding carboxylic acids is 1. The Hall–Kier alpha value is -3.87. The number of benzene rings is 2. The van der Waals surface area contributed by atoms with Gasteiger partial charge in [0.1, 0.15) is 24.2 Å². The summed E-state index contributed by atoms with van der Waals surface area (Å²) in [4.78, 5) is 30.0. The van der Waals surface area contributed by atoms with Gasteiger partial charge in [-0.15, -0.1) is 0 Å². The van der Waals surface area contributed by atoms with Crippen LogP contribution in [0.1, 0.15) is 11.1 Å². The van der Waals surface area contributed by atoms with Crippen LogP contribution >= 0.6 is 0 Å². The molecule has 7 heteroatoms. The van der Waals surface area contributed by atoms with Crippen molar-refractivity contribution in [2.75, 3.05) is 10.6 Å². The third-order valence-electron chi connectivity index (χ3n) is 5.11. The zero-order chi connectivity index (χ0) is 21.1. The lowest BCUT2D eigenvalue weighted by molar-refractivity contribution is -0.149. The van der Waals surface area contributed by atoms with Crippen molar-refractivity contribution < 1.29 is 19.4 Å². The topological polar surface area (TPSA) is 106 Å². The van der Waals surface area contributed by atoms with E-state index in [2.05, 4.69) is 4.98 Å². The molecule has 1 saturated heterocycles. The molecular weight excluding hydrogens is 382 g/mol. The van der Waals surface area contributed by atoms with Crippen LogP contribution in [0.3, 0.4) is 0 Å². The fourth-order valence-corrected chi connectivity index (χ4v) is 3.66. The number of anilines is 2. The molecule has 1 aliphatic rings. The highest BCUT2D eigenvalue weighted by Crippen LogP contribution is 2.36. The van der Waals surface area contributed by atoms with Gasteiger partial charge in [-0.3, -0.25) is 9.69 Å². The summed E-state index contributed by atoms with van der Waals surface area (Å²) in [6.07, 6.45) is 1.85. The van der Waals surface area contributed by atoms with E-state index in [9.17, 15) is 14.7 Å². The summed E-state index contributed by atoms with van der Waals surface area (Å²) >= 11 is 0. The molecule has 152 valence electrons. The lowest BCUT2D eigenvalue weighted by atomic mass is 9.82. The van der Waals surface area contributed by atoms with Crippen LogP contribution in [0.15, 0.2) is 72.9 Å². The molecule has 0 radical (unpaired) electrons. The molecule has 0 unspecified atom stereocenters. The maximum Gasteiger partial charge on any atom is 0.327 e. The maximum absolute atomic E-state index is 12.8. The molecule has 2 heterocycles. The lowest BCUT2D eigenvalue weighted by Gasteiger charge is -2.44. The SMILES string of the molecule is Nc1cc(C[C@H]2C(=O)N(c3cccc(OCc4ccccc4)c3)[C@@H]2C(=O)O)ccn1. The van der Waals surface area contributed by atoms with E-state index in [4.69, 9.17) is 10.5 Å². The van der Waals surface area contributed by atoms with Gasteiger partial charge < -0.3 is 15.6 Å². The van der Waals surface area contributed by atoms with E-state index >= 15 is 0 Å². The van der Waals surface area contributed by atoms with Gasteiger partial charge in [0.2, 0.25) is 5.91 Å². The number of rotatable bonds is 7. The summed E-state index contributed by atoms with van der Waals surface area (Å²) in [5.41, 5.74) is 8.00. The fourth-order valence-electron chi connectivity index (χ4n) is 3.66. The van der Waals surface area contributed by atoms with Gasteiger partial charge in [0, 0.05) is 18.0 Å². The average molecular weight is 403 g/mol. The Morgan fingerprint density at radius 1 is 1.07 bits per heavy atom. The lowest BCUT2D eigenvalue weighted by Crippen LogP contribution is -2.65. The first kappa shape index (κ1) is 19.4. The van der Waals surface area contributed by atoms with Gasteiger partial charge in [0.15, 0.2) is 0 Å². The van der Waals surface area contributed by atoms with Crippen LogP contribution in [-0.4, -0.2) is 28.0 Å². The van der Waals surface area contributed by atoms with Gasteiger partial charge in [-0.25, -0.2) is 9.78 Å². The van der Waals surface area contributed by atoms with Gasteiger partial charge in [0.25, 0.3) is 0 Å². The largest absolute Gasteiger partial charge is 0.489 e. The monoisotopic (exact) mass is 403 g/mol. The number of aliphatic carboxylic acids is 1. The number of hydrogen-bond acceptors (Lipinski definition) is 5. The number of nitrogens with zero attached hydrogens (tertiary/aromatic N) is 2. The number of carbonyl (C=O) groups is 2. The predicted octanol–water partition coefficient (Wildman–Crippen LogP) is 2.90. The average Bonchev–Trinajstić information content (AvgIpc) is 2.75. The minimum absolute atomic E-state index is 0.238. The molecule has 3 aromatic rings. The van der Waals surface area contributed by atoms with E-state index in [1.54, 1.807) is 42.6 Å². The molecule has 0 bridgehead atoms. The van der Waals surface area contributed by atoms with Crippen LogP contribution in [0, 0.1) is 5.92 Å². The number of β-lactam (4-membered cyclic amide) rings is 1. The highest BCUT2D eigenvalue weighted by molar-refractivity contribution is 6.10. The van der Waals surface area contributed by atoms with Crippen LogP contribution < -0.4 is 15.4 Å². The normalized spacial score (nSPS) is 18.0. The molecule has 0 aliphatic carbocycles. The molecule has 1 amide bonds. The number of hydrogen-bond donors (Lipinski definition) is 2. The molecular formula is C23H21N3O4. The van der Waals surface area contributed by atoms with Crippen LogP contribution in [0.25, 0.3) is 0 Å². The molecule has 7 nitrogen and oxygen atoms in total. The van der Waals surface area contributed by atoms with Gasteiger partial charge in [-0.05, 0) is 41.8 Å². The number of carboxylic acids is 1. The number of pyridine rings is 1. The van der Waals surface area contributed by atoms with Crippen molar-refractivity contribution in [3.63, 3.8) is 0 Å². The van der Waals surface area contributed by atoms with Crippen LogP contribution in [-0.2, 0) is 22.6 Å². The number of ether oxygens (including phenoxy) is 1. The van der Waals surface area contributed by atoms with E-state index < -0.39 is 17.9 Å². The predicted molar refractivity (Wildman–Crippen MR) is 112 cm³/mol. The van der Waals surface area contributed by atoms with Crippen LogP contribution in [0.5, 0.6) is 5.75 Å². The fraction of sp³-hybridized carbons (Fsp3) is 0.174. The summed E-state index contributed by atoms with van der Waals surface area (Å²) in [5, 5.41) is 9.74. The third-order valence-corrected chi connectivity index (χ3v) is 5.11. The molecule has 1 aromatic heterocycles. The highest BCUT2D eigenvalue weighted by atomic mass is 16.5. The second-order valence-corrected chi connectivity index (χ2v) is 7.16. The van der Waals surface area contributed by atoms with Crippen molar-refractivity contribution in [2.45, 2.75) is 19.1 Å². The standard InChI is InChI=1S/C23H21N3O4/c24-20-12-16(9-10-25-20)11-19-21(23(28)29)26(22(19)27)17-7-4-8-18(13-17)30-14-15-5-2-1-3-6-15/h1-10,12-13,19,21H,11,14H2,(H2,24,25)(H,28,29)/t19-,21+/m1/s1. The molecule has 4 rings (SSSR count). The number of nitrogen functional groups attached to an aromatic ring is 1. The van der Waals surface area contributed by atoms with Gasteiger partial charge >= 0.3 is 5.97 Å². The van der Waals surface area contributed by atoms with E-state index in [0.717, 1.165) is 11.1 Å². The first-order valence-corrected chi connectivity index (χ1v) is 9.56. The van der Waals surface area contributed by atoms with Crippen molar-refractivity contribution in [3.05, 3.63) is 84.1 Å². The quantitative estimate of drug-likeness (QED) is 0.588. The first-order valence-electron chi connectivity index (χ1n) is 9.56. The van der Waals surface area contributed by atoms with E-state index in [-0.39, 0.29) is 5.91 Å². The third kappa shape index (κ3) is 3.96. The van der Waals surface area contributed by atoms with Crippen molar-refractivity contribution in [2.24, 2.45) is 5.92 Å². The Bertz CT molecular complexity index is 1070. The van der Waals surface area contributed by atoms with E-state index in [1.807, 2.05) is 30.3 Å². The maximum atomic E-state index is 12.8. The molecule has 2 aromatic carbocycles. The first-order chi connectivity index (χ1) is 14.5. The van der Waals surface area contributed by atoms with Crippen molar-refractivity contribution in [1.29, 1.82) is 0 Å². The van der Waals surface area contributed by atoms with Crippen molar-refractivity contribution >= 4 is 23.4 Å². The van der Waals surface area contributed by atoms with Crippen LogP contribution in [0.4, 0.5) is 11.5 Å². The second kappa shape index (κ2) is 8.24. The van der Waals surface area contributed by atoms with Crippen molar-refractivity contribution in [3.8, 4) is 5.75 Å². The number of aromatic nitrogens is 1. The zero-order valence-corrected chi connectivity index (χ0v) is 16.1. The van der Waals surface area contributed by atoms with Crippen molar-refractivity contribution in [1.82, 2.24) is 4.98 Å². The smallest absolute Gasteiger partial charge is 0.327 e. The minimum Gasteiger partial charge on any atom is -0.489 e. The number of nitrogens with two attached hydrogens (primary N) is 1. The summed E-state index contributed by atoms with van der Waals surface area (Å²) in [6.45, 7) is 0.382. The number of carboxylic acid groups (broad SMARTS) is 1. The van der Waals surface area contributed by atoms with Gasteiger partial charge in [-0.2, -0.15) is 0 Å². The van der Waals surface area contributed by atoms with Gasteiger partial charge in [-0.1, -0.05) is 36.4 Å². The molecule has 3 N–H and O–H groups in total. The Morgan fingerprint density at radius 2 is 1.87 bits per heavy atom. The Balaban J connectivity index is 1.50. The molecule has 2 atom stereocenters. The van der Waals surface area contributed by atoms with E-state index in [0.29, 0.717) is 30.3 Å². The summed E-state index contributed by atoms with van der Waals surface area (Å²) in [7, 11) is 0. The van der Waals surface area contributed by atoms with Gasteiger partial charge in [0.05, 0.1) is 5.92 Å². The number of amides is 1. The second-order valence-electron chi connectivity index (χ2n) is 7.16. The molecule has 0 saturated carbocycles. The minimum atomic E-state index is -1.04. The molecule has 0 spiro atoms. The highest BCUT2D eigenvalue weighted by Gasteiger charge is 2.52. The van der Waals surface area contributed by atoms with E-state index in [1.165, 1.54) is 4.90 Å². The molecule has 30 heavy (non-hydrogen) atoms. The molecule has 1 fully saturated rings. The summed E-state index contributed by atoms with van der Waals surface area (Å²) in [5.74, 6) is -1.03.